The fraction of sp³-hybridized carbons (Fsp3) is 0.0667. The van der Waals surface area contributed by atoms with E-state index in [1.54, 1.807) is 18.2 Å². The lowest BCUT2D eigenvalue weighted by molar-refractivity contribution is 0.350. The summed E-state index contributed by atoms with van der Waals surface area (Å²) >= 11 is 0. The molecule has 0 saturated carbocycles. The van der Waals surface area contributed by atoms with E-state index in [1.807, 2.05) is 0 Å². The molecule has 6 heteroatoms. The van der Waals surface area contributed by atoms with Crippen molar-refractivity contribution in [2.75, 3.05) is 11.3 Å². The van der Waals surface area contributed by atoms with Crippen LogP contribution in [0, 0.1) is 17.7 Å². The van der Waals surface area contributed by atoms with Gasteiger partial charge in [-0.1, -0.05) is 30.0 Å². The molecule has 0 aliphatic carbocycles. The Bertz CT molecular complexity index is 793. The second-order valence-electron chi connectivity index (χ2n) is 4.07. The highest BCUT2D eigenvalue weighted by atomic mass is 32.2. The molecule has 0 aliphatic heterocycles. The zero-order valence-corrected chi connectivity index (χ0v) is 11.7. The van der Waals surface area contributed by atoms with E-state index in [-0.39, 0.29) is 16.1 Å². The summed E-state index contributed by atoms with van der Waals surface area (Å²) in [6, 6.07) is 11.3. The van der Waals surface area contributed by atoms with Crippen LogP contribution in [-0.2, 0) is 10.0 Å². The Balaban J connectivity index is 2.40. The first-order valence-corrected chi connectivity index (χ1v) is 7.48. The van der Waals surface area contributed by atoms with Crippen molar-refractivity contribution >= 4 is 15.7 Å². The Kier molecular flexibility index (Phi) is 4.58. The van der Waals surface area contributed by atoms with E-state index >= 15 is 0 Å². The van der Waals surface area contributed by atoms with E-state index in [0.29, 0.717) is 0 Å². The highest BCUT2D eigenvalue weighted by molar-refractivity contribution is 7.92. The molecule has 2 rings (SSSR count). The molecule has 108 valence electrons. The van der Waals surface area contributed by atoms with Gasteiger partial charge in [-0.05, 0) is 30.3 Å². The van der Waals surface area contributed by atoms with Crippen LogP contribution in [0.2, 0.25) is 0 Å². The van der Waals surface area contributed by atoms with Gasteiger partial charge in [-0.25, -0.2) is 12.8 Å². The number of anilines is 1. The normalized spacial score (nSPS) is 10.6. The van der Waals surface area contributed by atoms with Gasteiger partial charge in [0.2, 0.25) is 0 Å². The highest BCUT2D eigenvalue weighted by Gasteiger charge is 2.15. The molecule has 0 unspecified atom stereocenters. The summed E-state index contributed by atoms with van der Waals surface area (Å²) in [5.41, 5.74) is 0.310. The van der Waals surface area contributed by atoms with Crippen molar-refractivity contribution in [3.8, 4) is 11.8 Å². The molecule has 2 aromatic rings. The molecule has 2 aromatic carbocycles. The largest absolute Gasteiger partial charge is 0.384 e. The molecule has 0 spiro atoms. The van der Waals surface area contributed by atoms with Crippen molar-refractivity contribution < 1.29 is 17.9 Å². The molecule has 0 bridgehead atoms. The number of hydrogen-bond donors (Lipinski definition) is 2. The minimum atomic E-state index is -3.78. The molecule has 0 aliphatic rings. The van der Waals surface area contributed by atoms with Crippen LogP contribution in [0.3, 0.4) is 0 Å². The van der Waals surface area contributed by atoms with Crippen LogP contribution in [0.15, 0.2) is 53.4 Å². The van der Waals surface area contributed by atoms with Gasteiger partial charge in [-0.2, -0.15) is 0 Å². The van der Waals surface area contributed by atoms with Gasteiger partial charge in [0.05, 0.1) is 16.1 Å². The third kappa shape index (κ3) is 3.81. The molecule has 0 aromatic heterocycles. The summed E-state index contributed by atoms with van der Waals surface area (Å²) in [4.78, 5) is 0.0930. The molecule has 0 atom stereocenters. The standard InChI is InChI=1S/C15H12FNO3S/c16-13-8-9-15(12(11-13)5-4-10-18)17-21(19,20)14-6-2-1-3-7-14/h1-3,6-9,11,17-18H,10H2. The van der Waals surface area contributed by atoms with Crippen LogP contribution in [0.4, 0.5) is 10.1 Å². The van der Waals surface area contributed by atoms with Crippen LogP contribution in [0.25, 0.3) is 0 Å². The number of halogens is 1. The van der Waals surface area contributed by atoms with Gasteiger partial charge in [0.25, 0.3) is 10.0 Å². The molecule has 2 N–H and O–H groups in total. The first-order chi connectivity index (χ1) is 10.0. The van der Waals surface area contributed by atoms with Gasteiger partial charge in [0, 0.05) is 0 Å². The minimum absolute atomic E-state index is 0.0930. The van der Waals surface area contributed by atoms with Crippen molar-refractivity contribution in [2.24, 2.45) is 0 Å². The Morgan fingerprint density at radius 1 is 1.14 bits per heavy atom. The fourth-order valence-corrected chi connectivity index (χ4v) is 2.75. The second kappa shape index (κ2) is 6.39. The Morgan fingerprint density at radius 2 is 1.86 bits per heavy atom. The van der Waals surface area contributed by atoms with Crippen LogP contribution < -0.4 is 4.72 Å². The molecule has 0 saturated heterocycles. The van der Waals surface area contributed by atoms with Gasteiger partial charge in [-0.3, -0.25) is 4.72 Å². The molecule has 0 amide bonds. The van der Waals surface area contributed by atoms with E-state index in [1.165, 1.54) is 18.2 Å². The maximum absolute atomic E-state index is 13.2. The number of benzene rings is 2. The maximum atomic E-state index is 13.2. The van der Waals surface area contributed by atoms with Crippen molar-refractivity contribution in [1.29, 1.82) is 0 Å². The van der Waals surface area contributed by atoms with Crippen LogP contribution in [0.1, 0.15) is 5.56 Å². The zero-order valence-electron chi connectivity index (χ0n) is 10.9. The second-order valence-corrected chi connectivity index (χ2v) is 5.75. The van der Waals surface area contributed by atoms with Crippen molar-refractivity contribution in [3.05, 3.63) is 59.9 Å². The average molecular weight is 305 g/mol. The topological polar surface area (TPSA) is 66.4 Å². The first-order valence-electron chi connectivity index (χ1n) is 6.00. The number of sulfonamides is 1. The van der Waals surface area contributed by atoms with Crippen LogP contribution in [-0.4, -0.2) is 20.1 Å². The zero-order chi connectivity index (χ0) is 15.3. The van der Waals surface area contributed by atoms with E-state index in [0.717, 1.165) is 12.1 Å². The molecule has 0 radical (unpaired) electrons. The molecular formula is C15H12FNO3S. The Labute approximate surface area is 122 Å². The number of aliphatic hydroxyl groups excluding tert-OH is 1. The minimum Gasteiger partial charge on any atom is -0.384 e. The summed E-state index contributed by atoms with van der Waals surface area (Å²) in [5, 5.41) is 8.69. The summed E-state index contributed by atoms with van der Waals surface area (Å²) in [6.45, 7) is -0.401. The fourth-order valence-electron chi connectivity index (χ4n) is 1.65. The Hall–Kier alpha value is -2.36. The molecular weight excluding hydrogens is 293 g/mol. The quantitative estimate of drug-likeness (QED) is 0.852. The van der Waals surface area contributed by atoms with Crippen molar-refractivity contribution in [1.82, 2.24) is 0 Å². The van der Waals surface area contributed by atoms with Gasteiger partial charge < -0.3 is 5.11 Å². The monoisotopic (exact) mass is 305 g/mol. The third-order valence-electron chi connectivity index (χ3n) is 2.58. The summed E-state index contributed by atoms with van der Waals surface area (Å²) in [7, 11) is -3.78. The van der Waals surface area contributed by atoms with Crippen molar-refractivity contribution in [2.45, 2.75) is 4.90 Å². The molecule has 21 heavy (non-hydrogen) atoms. The average Bonchev–Trinajstić information content (AvgIpc) is 2.48. The van der Waals surface area contributed by atoms with E-state index in [2.05, 4.69) is 16.6 Å². The SMILES string of the molecule is O=S(=O)(Nc1ccc(F)cc1C#CCO)c1ccccc1. The number of nitrogens with one attached hydrogen (secondary N) is 1. The van der Waals surface area contributed by atoms with Crippen LogP contribution in [0.5, 0.6) is 0 Å². The summed E-state index contributed by atoms with van der Waals surface area (Å²) in [6.07, 6.45) is 0. The molecule has 4 nitrogen and oxygen atoms in total. The third-order valence-corrected chi connectivity index (χ3v) is 3.96. The lowest BCUT2D eigenvalue weighted by Gasteiger charge is -2.10. The first kappa shape index (κ1) is 15.0. The summed E-state index contributed by atoms with van der Waals surface area (Å²) in [5.74, 6) is 4.33. The molecule has 0 heterocycles. The predicted octanol–water partition coefficient (Wildman–Crippen LogP) is 1.97. The maximum Gasteiger partial charge on any atom is 0.261 e. The number of rotatable bonds is 3. The van der Waals surface area contributed by atoms with Crippen LogP contribution >= 0.6 is 0 Å². The van der Waals surface area contributed by atoms with E-state index in [4.69, 9.17) is 5.11 Å². The highest BCUT2D eigenvalue weighted by Crippen LogP contribution is 2.20. The predicted molar refractivity (Wildman–Crippen MR) is 77.6 cm³/mol. The number of aliphatic hydroxyl groups is 1. The van der Waals surface area contributed by atoms with Crippen molar-refractivity contribution in [3.63, 3.8) is 0 Å². The van der Waals surface area contributed by atoms with Gasteiger partial charge >= 0.3 is 0 Å². The smallest absolute Gasteiger partial charge is 0.261 e. The van der Waals surface area contributed by atoms with E-state index < -0.39 is 22.4 Å². The van der Waals surface area contributed by atoms with Gasteiger partial charge in [0.15, 0.2) is 0 Å². The Morgan fingerprint density at radius 3 is 2.52 bits per heavy atom. The number of hydrogen-bond acceptors (Lipinski definition) is 3. The van der Waals surface area contributed by atoms with Gasteiger partial charge in [-0.15, -0.1) is 0 Å². The lowest BCUT2D eigenvalue weighted by atomic mass is 10.2. The van der Waals surface area contributed by atoms with Gasteiger partial charge in [0.1, 0.15) is 12.4 Å². The molecule has 0 fully saturated rings. The lowest BCUT2D eigenvalue weighted by Crippen LogP contribution is -2.13. The summed E-state index contributed by atoms with van der Waals surface area (Å²) < 4.78 is 40.0. The van der Waals surface area contributed by atoms with E-state index in [9.17, 15) is 12.8 Å².